The van der Waals surface area contributed by atoms with Gasteiger partial charge in [0, 0.05) is 13.2 Å². The SMILES string of the molecule is Cn1cc(-c2noc(-c3[nH]cnc3C(=O)O)n2)cn1. The van der Waals surface area contributed by atoms with Crippen molar-refractivity contribution < 1.29 is 14.4 Å². The second-order valence-corrected chi connectivity index (χ2v) is 3.76. The lowest BCUT2D eigenvalue weighted by Crippen LogP contribution is -1.99. The third-order valence-electron chi connectivity index (χ3n) is 2.44. The number of aryl methyl sites for hydroxylation is 1. The molecular formula is C10H8N6O3. The summed E-state index contributed by atoms with van der Waals surface area (Å²) >= 11 is 0. The van der Waals surface area contributed by atoms with Crippen LogP contribution in [0, 0.1) is 0 Å². The fourth-order valence-electron chi connectivity index (χ4n) is 1.60. The Kier molecular flexibility index (Phi) is 2.37. The molecule has 2 N–H and O–H groups in total. The Morgan fingerprint density at radius 1 is 1.53 bits per heavy atom. The van der Waals surface area contributed by atoms with E-state index in [1.54, 1.807) is 24.1 Å². The van der Waals surface area contributed by atoms with E-state index < -0.39 is 5.97 Å². The fraction of sp³-hybridized carbons (Fsp3) is 0.100. The minimum Gasteiger partial charge on any atom is -0.476 e. The number of rotatable bonds is 3. The van der Waals surface area contributed by atoms with Crippen LogP contribution in [0.2, 0.25) is 0 Å². The molecule has 3 rings (SSSR count). The van der Waals surface area contributed by atoms with Gasteiger partial charge in [-0.15, -0.1) is 0 Å². The molecule has 0 fully saturated rings. The minimum absolute atomic E-state index is 0.0637. The third-order valence-corrected chi connectivity index (χ3v) is 2.44. The molecule has 0 atom stereocenters. The predicted molar refractivity (Wildman–Crippen MR) is 61.0 cm³/mol. The predicted octanol–water partition coefficient (Wildman–Crippen LogP) is 0.558. The van der Waals surface area contributed by atoms with Crippen LogP contribution < -0.4 is 0 Å². The van der Waals surface area contributed by atoms with Gasteiger partial charge in [0.2, 0.25) is 5.82 Å². The normalized spacial score (nSPS) is 10.8. The molecule has 9 heteroatoms. The van der Waals surface area contributed by atoms with Gasteiger partial charge in [-0.3, -0.25) is 4.68 Å². The molecule has 0 amide bonds. The highest BCUT2D eigenvalue weighted by Gasteiger charge is 2.20. The summed E-state index contributed by atoms with van der Waals surface area (Å²) in [4.78, 5) is 21.4. The smallest absolute Gasteiger partial charge is 0.356 e. The highest BCUT2D eigenvalue weighted by molar-refractivity contribution is 5.91. The number of aromatic carboxylic acids is 1. The van der Waals surface area contributed by atoms with Crippen LogP contribution in [0.4, 0.5) is 0 Å². The van der Waals surface area contributed by atoms with E-state index in [4.69, 9.17) is 9.63 Å². The Morgan fingerprint density at radius 2 is 2.37 bits per heavy atom. The first-order valence-electron chi connectivity index (χ1n) is 5.25. The maximum Gasteiger partial charge on any atom is 0.356 e. The van der Waals surface area contributed by atoms with E-state index in [9.17, 15) is 4.79 Å². The van der Waals surface area contributed by atoms with Gasteiger partial charge in [-0.05, 0) is 0 Å². The molecule has 0 aliphatic rings. The summed E-state index contributed by atoms with van der Waals surface area (Å²) in [5, 5.41) is 16.7. The molecule has 0 saturated carbocycles. The largest absolute Gasteiger partial charge is 0.476 e. The van der Waals surface area contributed by atoms with Gasteiger partial charge in [0.25, 0.3) is 5.89 Å². The van der Waals surface area contributed by atoms with Crippen molar-refractivity contribution >= 4 is 5.97 Å². The number of nitrogens with one attached hydrogen (secondary N) is 1. The number of carboxylic acids is 1. The van der Waals surface area contributed by atoms with E-state index >= 15 is 0 Å². The number of aromatic nitrogens is 6. The molecule has 0 unspecified atom stereocenters. The van der Waals surface area contributed by atoms with E-state index in [2.05, 4.69) is 25.2 Å². The average molecular weight is 260 g/mol. The van der Waals surface area contributed by atoms with Gasteiger partial charge in [0.15, 0.2) is 5.69 Å². The monoisotopic (exact) mass is 260 g/mol. The topological polar surface area (TPSA) is 123 Å². The summed E-state index contributed by atoms with van der Waals surface area (Å²) < 4.78 is 6.63. The molecule has 0 spiro atoms. The molecule has 3 aromatic heterocycles. The van der Waals surface area contributed by atoms with E-state index in [0.717, 1.165) is 0 Å². The summed E-state index contributed by atoms with van der Waals surface area (Å²) in [5.41, 5.74) is 0.686. The Morgan fingerprint density at radius 3 is 3.05 bits per heavy atom. The minimum atomic E-state index is -1.17. The first kappa shape index (κ1) is 11.1. The van der Waals surface area contributed by atoms with Crippen LogP contribution >= 0.6 is 0 Å². The Balaban J connectivity index is 2.01. The van der Waals surface area contributed by atoms with Crippen LogP contribution in [-0.2, 0) is 7.05 Å². The first-order chi connectivity index (χ1) is 9.15. The number of H-pyrrole nitrogens is 1. The number of nitrogens with zero attached hydrogens (tertiary/aromatic N) is 5. The zero-order valence-electron chi connectivity index (χ0n) is 9.73. The van der Waals surface area contributed by atoms with Crippen molar-refractivity contribution in [2.75, 3.05) is 0 Å². The van der Waals surface area contributed by atoms with Crippen LogP contribution in [0.25, 0.3) is 23.0 Å². The van der Waals surface area contributed by atoms with E-state index in [-0.39, 0.29) is 17.3 Å². The van der Waals surface area contributed by atoms with E-state index in [1.807, 2.05) is 0 Å². The van der Waals surface area contributed by atoms with Crippen molar-refractivity contribution in [2.24, 2.45) is 7.05 Å². The lowest BCUT2D eigenvalue weighted by molar-refractivity contribution is 0.0691. The van der Waals surface area contributed by atoms with Crippen LogP contribution in [0.15, 0.2) is 23.2 Å². The summed E-state index contributed by atoms with van der Waals surface area (Å²) in [7, 11) is 1.77. The molecule has 9 nitrogen and oxygen atoms in total. The van der Waals surface area contributed by atoms with Gasteiger partial charge in [-0.1, -0.05) is 5.16 Å². The maximum atomic E-state index is 11.0. The van der Waals surface area contributed by atoms with Gasteiger partial charge in [-0.25, -0.2) is 9.78 Å². The lowest BCUT2D eigenvalue weighted by Gasteiger charge is -1.90. The van der Waals surface area contributed by atoms with E-state index in [0.29, 0.717) is 11.4 Å². The van der Waals surface area contributed by atoms with Gasteiger partial charge in [-0.2, -0.15) is 10.1 Å². The van der Waals surface area contributed by atoms with E-state index in [1.165, 1.54) is 6.33 Å². The van der Waals surface area contributed by atoms with Crippen LogP contribution in [0.5, 0.6) is 0 Å². The van der Waals surface area contributed by atoms with Crippen molar-refractivity contribution in [1.29, 1.82) is 0 Å². The average Bonchev–Trinajstić information content (AvgIpc) is 3.07. The van der Waals surface area contributed by atoms with Gasteiger partial charge < -0.3 is 14.6 Å². The summed E-state index contributed by atoms with van der Waals surface area (Å²) in [6.07, 6.45) is 4.56. The molecule has 3 heterocycles. The van der Waals surface area contributed by atoms with Crippen LogP contribution in [-0.4, -0.2) is 41.0 Å². The molecule has 96 valence electrons. The summed E-state index contributed by atoms with van der Waals surface area (Å²) in [5.74, 6) is -0.778. The highest BCUT2D eigenvalue weighted by Crippen LogP contribution is 2.22. The van der Waals surface area contributed by atoms with Crippen LogP contribution in [0.3, 0.4) is 0 Å². The fourth-order valence-corrected chi connectivity index (χ4v) is 1.60. The number of hydrogen-bond acceptors (Lipinski definition) is 6. The molecule has 3 aromatic rings. The van der Waals surface area contributed by atoms with Gasteiger partial charge in [0.05, 0.1) is 18.1 Å². The lowest BCUT2D eigenvalue weighted by atomic mass is 10.3. The van der Waals surface area contributed by atoms with Crippen molar-refractivity contribution in [1.82, 2.24) is 29.9 Å². The summed E-state index contributed by atoms with van der Waals surface area (Å²) in [6.45, 7) is 0. The van der Waals surface area contributed by atoms with Crippen molar-refractivity contribution in [3.8, 4) is 23.0 Å². The highest BCUT2D eigenvalue weighted by atomic mass is 16.5. The molecule has 0 aliphatic heterocycles. The first-order valence-corrected chi connectivity index (χ1v) is 5.25. The number of carbonyl (C=O) groups is 1. The van der Waals surface area contributed by atoms with Crippen molar-refractivity contribution in [3.63, 3.8) is 0 Å². The zero-order valence-corrected chi connectivity index (χ0v) is 9.73. The Labute approximate surface area is 105 Å². The number of hydrogen-bond donors (Lipinski definition) is 2. The van der Waals surface area contributed by atoms with Crippen LogP contribution in [0.1, 0.15) is 10.5 Å². The molecule has 0 aromatic carbocycles. The Hall–Kier alpha value is -2.97. The molecule has 0 aliphatic carbocycles. The van der Waals surface area contributed by atoms with Gasteiger partial charge in [0.1, 0.15) is 5.69 Å². The zero-order chi connectivity index (χ0) is 13.4. The van der Waals surface area contributed by atoms with Crippen molar-refractivity contribution in [3.05, 3.63) is 24.4 Å². The van der Waals surface area contributed by atoms with Gasteiger partial charge >= 0.3 is 5.97 Å². The Bertz CT molecular complexity index is 740. The molecule has 0 saturated heterocycles. The standard InChI is InChI=1S/C10H8N6O3/c1-16-3-5(2-13-16)8-14-9(19-15-8)6-7(10(17)18)12-4-11-6/h2-4H,1H3,(H,11,12)(H,17,18). The van der Waals surface area contributed by atoms with Crippen molar-refractivity contribution in [2.45, 2.75) is 0 Å². The molecule has 19 heavy (non-hydrogen) atoms. The molecular weight excluding hydrogens is 252 g/mol. The quantitative estimate of drug-likeness (QED) is 0.705. The number of aromatic amines is 1. The summed E-state index contributed by atoms with van der Waals surface area (Å²) in [6, 6.07) is 0. The molecule has 0 bridgehead atoms. The maximum absolute atomic E-state index is 11.0. The second kappa shape index (κ2) is 4.05. The number of imidazole rings is 1. The molecule has 0 radical (unpaired) electrons. The third kappa shape index (κ3) is 1.86. The second-order valence-electron chi connectivity index (χ2n) is 3.76. The number of carboxylic acid groups (broad SMARTS) is 1.